The standard InChI is InChI=1S/C24H21F7N6O2/c1-12(35-18-10-34-36-22(39)20(18)24(29,30)31)19(38)3-5-37-4-2-13-6-16(17(25)7-14(13)11-37)21-32-8-15(9-33-21)23(26,27)28/h2,4,6-10,12,19,38H,3,5,11H2,1H3,(H2,35,36,39). The third-order valence-corrected chi connectivity index (χ3v) is 6.10. The van der Waals surface area contributed by atoms with Crippen LogP contribution < -0.4 is 10.9 Å². The highest BCUT2D eigenvalue weighted by molar-refractivity contribution is 5.66. The van der Waals surface area contributed by atoms with Gasteiger partial charge in [0, 0.05) is 31.5 Å². The van der Waals surface area contributed by atoms with Crippen molar-refractivity contribution in [2.24, 2.45) is 0 Å². The SMILES string of the molecule is CC(Nc1cn[nH]c(=O)c1C(F)(F)F)C(O)CCN1C=Cc2cc(-c3ncc(C(F)(F)F)cn3)c(F)cc2C1. The number of aromatic amines is 1. The lowest BCUT2D eigenvalue weighted by Gasteiger charge is -2.28. The number of nitrogens with one attached hydrogen (secondary N) is 2. The third kappa shape index (κ3) is 6.35. The molecule has 1 aliphatic heterocycles. The number of hydrogen-bond acceptors (Lipinski definition) is 7. The van der Waals surface area contributed by atoms with Crippen LogP contribution in [-0.2, 0) is 18.9 Å². The van der Waals surface area contributed by atoms with Gasteiger partial charge in [0.05, 0.1) is 29.1 Å². The Labute approximate surface area is 216 Å². The number of aromatic nitrogens is 4. The minimum atomic E-state index is -4.93. The van der Waals surface area contributed by atoms with Crippen molar-refractivity contribution in [3.63, 3.8) is 0 Å². The number of H-pyrrole nitrogens is 1. The summed E-state index contributed by atoms with van der Waals surface area (Å²) in [5.74, 6) is -0.929. The van der Waals surface area contributed by atoms with Crippen molar-refractivity contribution in [2.45, 2.75) is 44.4 Å². The molecule has 0 fully saturated rings. The summed E-state index contributed by atoms with van der Waals surface area (Å²) < 4.78 is 92.8. The Morgan fingerprint density at radius 2 is 1.79 bits per heavy atom. The van der Waals surface area contributed by atoms with Crippen LogP contribution in [0.25, 0.3) is 17.5 Å². The second-order valence-electron chi connectivity index (χ2n) is 8.88. The van der Waals surface area contributed by atoms with Crippen LogP contribution in [0.3, 0.4) is 0 Å². The molecule has 39 heavy (non-hydrogen) atoms. The molecule has 208 valence electrons. The van der Waals surface area contributed by atoms with Crippen LogP contribution in [-0.4, -0.2) is 48.9 Å². The molecule has 15 heteroatoms. The van der Waals surface area contributed by atoms with E-state index in [1.165, 1.54) is 19.1 Å². The lowest BCUT2D eigenvalue weighted by Crippen LogP contribution is -2.36. The van der Waals surface area contributed by atoms with Gasteiger partial charge < -0.3 is 15.3 Å². The van der Waals surface area contributed by atoms with E-state index in [1.807, 2.05) is 0 Å². The Bertz CT molecular complexity index is 1420. The Morgan fingerprint density at radius 1 is 1.10 bits per heavy atom. The van der Waals surface area contributed by atoms with Crippen molar-refractivity contribution in [1.82, 2.24) is 25.1 Å². The lowest BCUT2D eigenvalue weighted by atomic mass is 9.99. The Hall–Kier alpha value is -4.01. The number of aliphatic hydroxyl groups is 1. The zero-order valence-electron chi connectivity index (χ0n) is 20.1. The van der Waals surface area contributed by atoms with Crippen molar-refractivity contribution < 1.29 is 35.8 Å². The monoisotopic (exact) mass is 558 g/mol. The van der Waals surface area contributed by atoms with Gasteiger partial charge in [-0.2, -0.15) is 31.4 Å². The molecule has 0 saturated carbocycles. The number of fused-ring (bicyclic) bond motifs is 1. The van der Waals surface area contributed by atoms with Crippen molar-refractivity contribution in [3.8, 4) is 11.4 Å². The highest BCUT2D eigenvalue weighted by Crippen LogP contribution is 2.33. The van der Waals surface area contributed by atoms with E-state index in [2.05, 4.69) is 20.4 Å². The molecule has 3 N–H and O–H groups in total. The molecule has 8 nitrogen and oxygen atoms in total. The van der Waals surface area contributed by atoms with E-state index in [1.54, 1.807) is 22.3 Å². The third-order valence-electron chi connectivity index (χ3n) is 6.10. The van der Waals surface area contributed by atoms with Crippen molar-refractivity contribution in [2.75, 3.05) is 11.9 Å². The van der Waals surface area contributed by atoms with Crippen LogP contribution in [0.4, 0.5) is 36.4 Å². The smallest absolute Gasteiger partial charge is 0.391 e. The topological polar surface area (TPSA) is 107 Å². The fourth-order valence-corrected chi connectivity index (χ4v) is 4.00. The Morgan fingerprint density at radius 3 is 2.44 bits per heavy atom. The maximum absolute atomic E-state index is 14.8. The van der Waals surface area contributed by atoms with E-state index < -0.39 is 52.7 Å². The summed E-state index contributed by atoms with van der Waals surface area (Å²) in [7, 11) is 0. The minimum absolute atomic E-state index is 0.0663. The molecule has 0 amide bonds. The largest absolute Gasteiger partial charge is 0.423 e. The summed E-state index contributed by atoms with van der Waals surface area (Å²) in [6.07, 6.45) is -5.25. The number of halogens is 7. The van der Waals surface area contributed by atoms with E-state index in [9.17, 15) is 40.6 Å². The number of rotatable bonds is 7. The fourth-order valence-electron chi connectivity index (χ4n) is 4.00. The number of hydrogen-bond donors (Lipinski definition) is 3. The van der Waals surface area contributed by atoms with Gasteiger partial charge in [0.15, 0.2) is 5.82 Å². The molecule has 1 aliphatic rings. The number of benzene rings is 1. The van der Waals surface area contributed by atoms with Gasteiger partial charge in [-0.1, -0.05) is 0 Å². The summed E-state index contributed by atoms with van der Waals surface area (Å²) >= 11 is 0. The molecular formula is C24H21F7N6O2. The van der Waals surface area contributed by atoms with Gasteiger partial charge >= 0.3 is 12.4 Å². The summed E-state index contributed by atoms with van der Waals surface area (Å²) in [6.45, 7) is 1.95. The minimum Gasteiger partial charge on any atom is -0.391 e. The van der Waals surface area contributed by atoms with Crippen LogP contribution >= 0.6 is 0 Å². The quantitative estimate of drug-likeness (QED) is 0.368. The molecule has 0 saturated heterocycles. The number of aliphatic hydroxyl groups excluding tert-OH is 1. The summed E-state index contributed by atoms with van der Waals surface area (Å²) in [4.78, 5) is 20.6. The first-order valence-corrected chi connectivity index (χ1v) is 11.5. The molecule has 0 aliphatic carbocycles. The average molecular weight is 558 g/mol. The highest BCUT2D eigenvalue weighted by atomic mass is 19.4. The first-order chi connectivity index (χ1) is 18.2. The second kappa shape index (κ2) is 10.6. The van der Waals surface area contributed by atoms with Crippen LogP contribution in [0.5, 0.6) is 0 Å². The first-order valence-electron chi connectivity index (χ1n) is 11.5. The van der Waals surface area contributed by atoms with E-state index in [4.69, 9.17) is 0 Å². The Balaban J connectivity index is 1.40. The van der Waals surface area contributed by atoms with Gasteiger partial charge in [0.2, 0.25) is 0 Å². The molecule has 3 aromatic rings. The maximum Gasteiger partial charge on any atom is 0.423 e. The van der Waals surface area contributed by atoms with Crippen LogP contribution in [0.1, 0.15) is 35.6 Å². The highest BCUT2D eigenvalue weighted by Gasteiger charge is 2.38. The summed E-state index contributed by atoms with van der Waals surface area (Å²) in [6, 6.07) is 1.77. The molecule has 3 heterocycles. The molecular weight excluding hydrogens is 537 g/mol. The number of alkyl halides is 6. The van der Waals surface area contributed by atoms with Gasteiger partial charge in [-0.15, -0.1) is 0 Å². The van der Waals surface area contributed by atoms with Crippen LogP contribution in [0, 0.1) is 5.82 Å². The molecule has 2 atom stereocenters. The van der Waals surface area contributed by atoms with Gasteiger partial charge in [-0.05, 0) is 48.9 Å². The second-order valence-corrected chi connectivity index (χ2v) is 8.88. The molecule has 2 unspecified atom stereocenters. The number of nitrogens with zero attached hydrogens (tertiary/aromatic N) is 4. The zero-order chi connectivity index (χ0) is 28.5. The summed E-state index contributed by atoms with van der Waals surface area (Å²) in [5, 5.41) is 18.1. The van der Waals surface area contributed by atoms with Gasteiger partial charge in [0.1, 0.15) is 11.4 Å². The van der Waals surface area contributed by atoms with Gasteiger partial charge in [-0.25, -0.2) is 19.5 Å². The van der Waals surface area contributed by atoms with Crippen molar-refractivity contribution in [3.05, 3.63) is 75.3 Å². The lowest BCUT2D eigenvalue weighted by molar-refractivity contribution is -0.139. The predicted octanol–water partition coefficient (Wildman–Crippen LogP) is 4.44. The van der Waals surface area contributed by atoms with E-state index in [0.717, 1.165) is 6.20 Å². The average Bonchev–Trinajstić information content (AvgIpc) is 2.85. The molecule has 0 spiro atoms. The molecule has 2 aromatic heterocycles. The first kappa shape index (κ1) is 28.0. The van der Waals surface area contributed by atoms with Crippen LogP contribution in [0.15, 0.2) is 41.7 Å². The Kier molecular flexibility index (Phi) is 7.63. The van der Waals surface area contributed by atoms with Crippen molar-refractivity contribution in [1.29, 1.82) is 0 Å². The zero-order valence-corrected chi connectivity index (χ0v) is 20.1. The maximum atomic E-state index is 14.8. The molecule has 0 bridgehead atoms. The van der Waals surface area contributed by atoms with E-state index in [-0.39, 0.29) is 30.9 Å². The molecule has 4 rings (SSSR count). The van der Waals surface area contributed by atoms with Crippen LogP contribution in [0.2, 0.25) is 0 Å². The predicted molar refractivity (Wildman–Crippen MR) is 125 cm³/mol. The van der Waals surface area contributed by atoms with Crippen molar-refractivity contribution >= 4 is 11.8 Å². The van der Waals surface area contributed by atoms with Gasteiger partial charge in [-0.3, -0.25) is 4.79 Å². The molecule has 1 aromatic carbocycles. The fraction of sp³-hybridized carbons (Fsp3) is 0.333. The number of anilines is 1. The normalized spacial score (nSPS) is 15.2. The van der Waals surface area contributed by atoms with E-state index >= 15 is 0 Å². The van der Waals surface area contributed by atoms with E-state index in [0.29, 0.717) is 23.5 Å². The van der Waals surface area contributed by atoms with Gasteiger partial charge in [0.25, 0.3) is 5.56 Å². The summed E-state index contributed by atoms with van der Waals surface area (Å²) in [5.41, 5.74) is -3.38. The molecule has 0 radical (unpaired) electrons.